The number of halogens is 1. The van der Waals surface area contributed by atoms with Crippen molar-refractivity contribution in [2.75, 3.05) is 0 Å². The minimum Gasteiger partial charge on any atom is -0.508 e. The lowest BCUT2D eigenvalue weighted by atomic mass is 10.2. The zero-order chi connectivity index (χ0) is 13.0. The molecule has 0 bridgehead atoms. The molecule has 5 heteroatoms. The van der Waals surface area contributed by atoms with E-state index < -0.39 is 0 Å². The highest BCUT2D eigenvalue weighted by Crippen LogP contribution is 2.21. The van der Waals surface area contributed by atoms with Crippen molar-refractivity contribution >= 4 is 15.9 Å². The molecule has 2 aromatic rings. The first kappa shape index (κ1) is 13.1. The Labute approximate surface area is 114 Å². The van der Waals surface area contributed by atoms with Crippen LogP contribution < -0.4 is 5.32 Å². The molecular formula is C13H15BrN2O2. The molecule has 0 atom stereocenters. The summed E-state index contributed by atoms with van der Waals surface area (Å²) in [6.45, 7) is 3.14. The molecule has 1 aromatic heterocycles. The molecule has 0 radical (unpaired) electrons. The largest absolute Gasteiger partial charge is 0.508 e. The fraction of sp³-hybridized carbons (Fsp3) is 0.308. The summed E-state index contributed by atoms with van der Waals surface area (Å²) < 4.78 is 6.43. The van der Waals surface area contributed by atoms with Crippen molar-refractivity contribution in [1.82, 2.24) is 10.3 Å². The lowest BCUT2D eigenvalue weighted by Crippen LogP contribution is -2.13. The molecule has 0 amide bonds. The quantitative estimate of drug-likeness (QED) is 0.891. The number of phenolic OH excluding ortho intramolecular Hbond substituents is 1. The van der Waals surface area contributed by atoms with Gasteiger partial charge in [-0.1, -0.05) is 22.9 Å². The summed E-state index contributed by atoms with van der Waals surface area (Å²) in [4.78, 5) is 4.16. The smallest absolute Gasteiger partial charge is 0.208 e. The van der Waals surface area contributed by atoms with Crippen molar-refractivity contribution < 1.29 is 9.52 Å². The van der Waals surface area contributed by atoms with Crippen LogP contribution >= 0.6 is 15.9 Å². The number of oxazole rings is 1. The molecule has 4 nitrogen and oxygen atoms in total. The van der Waals surface area contributed by atoms with Crippen LogP contribution in [0, 0.1) is 0 Å². The number of hydrogen-bond acceptors (Lipinski definition) is 4. The van der Waals surface area contributed by atoms with Gasteiger partial charge < -0.3 is 14.8 Å². The SMILES string of the molecule is CCc1cnc(CNCc2cc(Br)ccc2O)o1. The molecule has 0 fully saturated rings. The first-order valence-corrected chi connectivity index (χ1v) is 6.60. The summed E-state index contributed by atoms with van der Waals surface area (Å²) in [5.74, 6) is 1.84. The molecule has 1 heterocycles. The van der Waals surface area contributed by atoms with Crippen LogP contribution in [0.2, 0.25) is 0 Å². The normalized spacial score (nSPS) is 10.8. The molecule has 2 rings (SSSR count). The first-order chi connectivity index (χ1) is 8.69. The van der Waals surface area contributed by atoms with Crippen LogP contribution in [0.3, 0.4) is 0 Å². The van der Waals surface area contributed by atoms with E-state index in [1.54, 1.807) is 18.3 Å². The van der Waals surface area contributed by atoms with Crippen LogP contribution in [-0.4, -0.2) is 10.1 Å². The fourth-order valence-corrected chi connectivity index (χ4v) is 2.00. The van der Waals surface area contributed by atoms with Gasteiger partial charge in [0, 0.05) is 23.0 Å². The van der Waals surface area contributed by atoms with Gasteiger partial charge in [-0.25, -0.2) is 4.98 Å². The van der Waals surface area contributed by atoms with Gasteiger partial charge in [0.05, 0.1) is 12.7 Å². The Balaban J connectivity index is 1.90. The summed E-state index contributed by atoms with van der Waals surface area (Å²) in [6.07, 6.45) is 2.59. The van der Waals surface area contributed by atoms with Gasteiger partial charge in [-0.15, -0.1) is 0 Å². The second kappa shape index (κ2) is 6.02. The van der Waals surface area contributed by atoms with E-state index in [4.69, 9.17) is 4.42 Å². The Morgan fingerprint density at radius 1 is 1.39 bits per heavy atom. The van der Waals surface area contributed by atoms with Gasteiger partial charge in [-0.2, -0.15) is 0 Å². The predicted octanol–water partition coefficient (Wildman–Crippen LogP) is 2.99. The number of phenols is 1. The van der Waals surface area contributed by atoms with Crippen molar-refractivity contribution in [3.63, 3.8) is 0 Å². The minimum absolute atomic E-state index is 0.285. The van der Waals surface area contributed by atoms with E-state index in [0.717, 1.165) is 22.2 Å². The highest BCUT2D eigenvalue weighted by Gasteiger charge is 2.04. The molecule has 0 aliphatic heterocycles. The monoisotopic (exact) mass is 310 g/mol. The van der Waals surface area contributed by atoms with Gasteiger partial charge in [0.1, 0.15) is 11.5 Å². The van der Waals surface area contributed by atoms with Crippen LogP contribution in [0.1, 0.15) is 24.1 Å². The average molecular weight is 311 g/mol. The molecule has 96 valence electrons. The standard InChI is InChI=1S/C13H15BrN2O2/c1-2-11-7-16-13(18-11)8-15-6-9-5-10(14)3-4-12(9)17/h3-5,7,15,17H,2,6,8H2,1H3. The summed E-state index contributed by atoms with van der Waals surface area (Å²) in [6, 6.07) is 5.36. The predicted molar refractivity (Wildman–Crippen MR) is 72.2 cm³/mol. The second-order valence-electron chi connectivity index (χ2n) is 3.95. The molecule has 18 heavy (non-hydrogen) atoms. The molecule has 0 aliphatic carbocycles. The van der Waals surface area contributed by atoms with E-state index in [2.05, 4.69) is 26.2 Å². The second-order valence-corrected chi connectivity index (χ2v) is 4.87. The zero-order valence-electron chi connectivity index (χ0n) is 10.1. The zero-order valence-corrected chi connectivity index (χ0v) is 11.7. The van der Waals surface area contributed by atoms with Crippen LogP contribution in [0.4, 0.5) is 0 Å². The third-order valence-corrected chi connectivity index (χ3v) is 3.08. The maximum absolute atomic E-state index is 9.67. The van der Waals surface area contributed by atoms with Crippen molar-refractivity contribution in [3.05, 3.63) is 46.1 Å². The summed E-state index contributed by atoms with van der Waals surface area (Å²) in [5.41, 5.74) is 0.839. The average Bonchev–Trinajstić information content (AvgIpc) is 2.81. The van der Waals surface area contributed by atoms with Crippen LogP contribution in [-0.2, 0) is 19.5 Å². The molecular weight excluding hydrogens is 296 g/mol. The van der Waals surface area contributed by atoms with Crippen molar-refractivity contribution in [2.45, 2.75) is 26.4 Å². The van der Waals surface area contributed by atoms with E-state index in [0.29, 0.717) is 19.0 Å². The number of aromatic hydroxyl groups is 1. The molecule has 0 unspecified atom stereocenters. The number of aromatic nitrogens is 1. The van der Waals surface area contributed by atoms with Gasteiger partial charge >= 0.3 is 0 Å². The minimum atomic E-state index is 0.285. The lowest BCUT2D eigenvalue weighted by Gasteiger charge is -2.05. The molecule has 2 N–H and O–H groups in total. The van der Waals surface area contributed by atoms with Gasteiger partial charge in [-0.3, -0.25) is 0 Å². The number of nitrogens with zero attached hydrogens (tertiary/aromatic N) is 1. The Bertz CT molecular complexity index is 525. The van der Waals surface area contributed by atoms with Crippen LogP contribution in [0.25, 0.3) is 0 Å². The Kier molecular flexibility index (Phi) is 4.38. The Morgan fingerprint density at radius 2 is 2.22 bits per heavy atom. The highest BCUT2D eigenvalue weighted by atomic mass is 79.9. The Hall–Kier alpha value is -1.33. The van der Waals surface area contributed by atoms with E-state index >= 15 is 0 Å². The van der Waals surface area contributed by atoms with E-state index in [1.165, 1.54) is 0 Å². The number of nitrogens with one attached hydrogen (secondary N) is 1. The maximum atomic E-state index is 9.67. The third kappa shape index (κ3) is 3.34. The number of benzene rings is 1. The van der Waals surface area contributed by atoms with Crippen LogP contribution in [0.15, 0.2) is 33.3 Å². The molecule has 0 saturated heterocycles. The summed E-state index contributed by atoms with van der Waals surface area (Å²) in [7, 11) is 0. The summed E-state index contributed by atoms with van der Waals surface area (Å²) in [5, 5.41) is 12.9. The molecule has 0 spiro atoms. The fourth-order valence-electron chi connectivity index (χ4n) is 1.59. The first-order valence-electron chi connectivity index (χ1n) is 5.80. The van der Waals surface area contributed by atoms with Crippen LogP contribution in [0.5, 0.6) is 5.75 Å². The van der Waals surface area contributed by atoms with Gasteiger partial charge in [0.2, 0.25) is 5.89 Å². The van der Waals surface area contributed by atoms with E-state index in [-0.39, 0.29) is 5.75 Å². The van der Waals surface area contributed by atoms with Crippen molar-refractivity contribution in [3.8, 4) is 5.75 Å². The third-order valence-electron chi connectivity index (χ3n) is 2.58. The van der Waals surface area contributed by atoms with Gasteiger partial charge in [0.25, 0.3) is 0 Å². The Morgan fingerprint density at radius 3 is 2.94 bits per heavy atom. The number of aryl methyl sites for hydroxylation is 1. The number of rotatable bonds is 5. The topological polar surface area (TPSA) is 58.3 Å². The maximum Gasteiger partial charge on any atom is 0.208 e. The number of hydrogen-bond donors (Lipinski definition) is 2. The lowest BCUT2D eigenvalue weighted by molar-refractivity contribution is 0.433. The van der Waals surface area contributed by atoms with Crippen molar-refractivity contribution in [1.29, 1.82) is 0 Å². The summed E-state index contributed by atoms with van der Waals surface area (Å²) >= 11 is 3.38. The molecule has 0 saturated carbocycles. The molecule has 1 aromatic carbocycles. The van der Waals surface area contributed by atoms with Crippen molar-refractivity contribution in [2.24, 2.45) is 0 Å². The van der Waals surface area contributed by atoms with Gasteiger partial charge in [0.15, 0.2) is 0 Å². The molecule has 0 aliphatic rings. The highest BCUT2D eigenvalue weighted by molar-refractivity contribution is 9.10. The van der Waals surface area contributed by atoms with E-state index in [1.807, 2.05) is 13.0 Å². The van der Waals surface area contributed by atoms with Gasteiger partial charge in [-0.05, 0) is 18.2 Å². The van der Waals surface area contributed by atoms with E-state index in [9.17, 15) is 5.11 Å².